The molecule has 1 N–H and O–H groups in total. The molecule has 0 amide bonds. The van der Waals surface area contributed by atoms with E-state index >= 15 is 0 Å². The Hall–Kier alpha value is -1.51. The summed E-state index contributed by atoms with van der Waals surface area (Å²) in [6.07, 6.45) is 3.62. The van der Waals surface area contributed by atoms with Crippen LogP contribution in [-0.4, -0.2) is 46.9 Å². The van der Waals surface area contributed by atoms with E-state index in [0.717, 1.165) is 41.1 Å². The third-order valence-electron chi connectivity index (χ3n) is 3.52. The highest BCUT2D eigenvalue weighted by molar-refractivity contribution is 9.10. The lowest BCUT2D eigenvalue weighted by molar-refractivity contribution is -0.108. The monoisotopic (exact) mass is 396 g/mol. The highest BCUT2D eigenvalue weighted by Gasteiger charge is 2.24. The maximum Gasteiger partial charge on any atom is 0.188 e. The number of likely N-dealkylation sites (tertiary alicyclic amines) is 1. The van der Waals surface area contributed by atoms with Crippen molar-refractivity contribution in [1.82, 2.24) is 14.9 Å². The zero-order chi connectivity index (χ0) is 16.2. The molecule has 6 nitrogen and oxygen atoms in total. The van der Waals surface area contributed by atoms with Crippen molar-refractivity contribution in [2.45, 2.75) is 19.4 Å². The minimum atomic E-state index is 0.0598. The number of carbonyl (C=O) groups excluding carboxylic acids is 1. The summed E-state index contributed by atoms with van der Waals surface area (Å²) in [5.74, 6) is 1.33. The molecule has 0 aliphatic carbocycles. The van der Waals surface area contributed by atoms with Gasteiger partial charge in [0, 0.05) is 29.1 Å². The number of hydrogen-bond acceptors (Lipinski definition) is 7. The van der Waals surface area contributed by atoms with Gasteiger partial charge in [-0.15, -0.1) is 11.3 Å². The number of nitrogens with one attached hydrogen (secondary N) is 1. The Labute approximate surface area is 147 Å². The number of pyridine rings is 1. The van der Waals surface area contributed by atoms with Crippen LogP contribution in [0, 0.1) is 6.92 Å². The van der Waals surface area contributed by atoms with Gasteiger partial charge in [0.15, 0.2) is 16.7 Å². The van der Waals surface area contributed by atoms with E-state index in [0.29, 0.717) is 18.1 Å². The second-order valence-electron chi connectivity index (χ2n) is 5.37. The van der Waals surface area contributed by atoms with Crippen molar-refractivity contribution in [2.75, 3.05) is 25.0 Å². The lowest BCUT2D eigenvalue weighted by Crippen LogP contribution is -2.26. The molecule has 0 spiro atoms. The first-order chi connectivity index (χ1) is 11.1. The molecular formula is C15H17BrN4O2S. The van der Waals surface area contributed by atoms with Gasteiger partial charge in [-0.3, -0.25) is 4.90 Å². The van der Waals surface area contributed by atoms with E-state index in [2.05, 4.69) is 36.1 Å². The van der Waals surface area contributed by atoms with Crippen molar-refractivity contribution in [2.24, 2.45) is 0 Å². The first-order valence-corrected chi connectivity index (χ1v) is 8.98. The fraction of sp³-hybridized carbons (Fsp3) is 0.400. The number of carbonyl (C=O) groups is 1. The average Bonchev–Trinajstić information content (AvgIpc) is 3.12. The molecule has 0 radical (unpaired) electrons. The van der Waals surface area contributed by atoms with E-state index in [9.17, 15) is 4.79 Å². The molecule has 1 aliphatic heterocycles. The van der Waals surface area contributed by atoms with Gasteiger partial charge in [-0.05, 0) is 35.3 Å². The van der Waals surface area contributed by atoms with Crippen LogP contribution in [0.25, 0.3) is 0 Å². The first kappa shape index (κ1) is 16.4. The van der Waals surface area contributed by atoms with Gasteiger partial charge < -0.3 is 14.8 Å². The van der Waals surface area contributed by atoms with Crippen LogP contribution in [0.5, 0.6) is 5.75 Å². The molecule has 0 bridgehead atoms. The van der Waals surface area contributed by atoms with Gasteiger partial charge in [0.25, 0.3) is 0 Å². The van der Waals surface area contributed by atoms with Gasteiger partial charge in [0.2, 0.25) is 0 Å². The molecule has 2 aromatic rings. The van der Waals surface area contributed by atoms with Crippen molar-refractivity contribution in [1.29, 1.82) is 0 Å². The van der Waals surface area contributed by atoms with Crippen molar-refractivity contribution in [3.63, 3.8) is 0 Å². The van der Waals surface area contributed by atoms with Gasteiger partial charge in [0.05, 0.1) is 12.2 Å². The third kappa shape index (κ3) is 4.27. The van der Waals surface area contributed by atoms with Crippen LogP contribution < -0.4 is 10.1 Å². The lowest BCUT2D eigenvalue weighted by Gasteiger charge is -2.17. The predicted octanol–water partition coefficient (Wildman–Crippen LogP) is 3.00. The van der Waals surface area contributed by atoms with E-state index < -0.39 is 0 Å². The molecule has 122 valence electrons. The van der Waals surface area contributed by atoms with Gasteiger partial charge >= 0.3 is 0 Å². The number of rotatable bonds is 6. The topological polar surface area (TPSA) is 67.4 Å². The number of halogens is 1. The third-order valence-corrected chi connectivity index (χ3v) is 4.83. The van der Waals surface area contributed by atoms with E-state index in [1.807, 2.05) is 18.4 Å². The largest absolute Gasteiger partial charge is 0.485 e. The van der Waals surface area contributed by atoms with Crippen LogP contribution in [0.2, 0.25) is 0 Å². The quantitative estimate of drug-likeness (QED) is 0.756. The molecule has 2 aromatic heterocycles. The fourth-order valence-electron chi connectivity index (χ4n) is 2.46. The number of aromatic nitrogens is 2. The molecule has 1 fully saturated rings. The summed E-state index contributed by atoms with van der Waals surface area (Å²) in [5.41, 5.74) is 0.970. The Morgan fingerprint density at radius 2 is 2.48 bits per heavy atom. The molecular weight excluding hydrogens is 380 g/mol. The van der Waals surface area contributed by atoms with Crippen molar-refractivity contribution < 1.29 is 9.53 Å². The van der Waals surface area contributed by atoms with Crippen LogP contribution >= 0.6 is 27.3 Å². The van der Waals surface area contributed by atoms with Crippen molar-refractivity contribution in [3.05, 3.63) is 27.8 Å². The highest BCUT2D eigenvalue weighted by atomic mass is 79.9. The fourth-order valence-corrected chi connectivity index (χ4v) is 3.46. The summed E-state index contributed by atoms with van der Waals surface area (Å²) in [5, 5.41) is 5.98. The summed E-state index contributed by atoms with van der Waals surface area (Å²) >= 11 is 4.96. The summed E-state index contributed by atoms with van der Waals surface area (Å²) in [7, 11) is 0. The molecule has 23 heavy (non-hydrogen) atoms. The highest BCUT2D eigenvalue weighted by Crippen LogP contribution is 2.31. The maximum atomic E-state index is 10.6. The number of ether oxygens (including phenoxy) is 1. The Morgan fingerprint density at radius 1 is 1.61 bits per heavy atom. The molecule has 0 aromatic carbocycles. The van der Waals surface area contributed by atoms with Gasteiger partial charge in [-0.2, -0.15) is 0 Å². The Morgan fingerprint density at radius 3 is 3.22 bits per heavy atom. The van der Waals surface area contributed by atoms with Crippen molar-refractivity contribution in [3.8, 4) is 5.75 Å². The van der Waals surface area contributed by atoms with Crippen LogP contribution in [0.4, 0.5) is 10.9 Å². The van der Waals surface area contributed by atoms with Crippen molar-refractivity contribution >= 4 is 44.5 Å². The first-order valence-electron chi connectivity index (χ1n) is 7.31. The average molecular weight is 397 g/mol. The maximum absolute atomic E-state index is 10.6. The van der Waals surface area contributed by atoms with Crippen LogP contribution in [-0.2, 0) is 4.79 Å². The lowest BCUT2D eigenvalue weighted by atomic mass is 10.3. The molecule has 1 unspecified atom stereocenters. The second-order valence-corrected chi connectivity index (χ2v) is 7.15. The molecule has 8 heteroatoms. The molecule has 1 atom stereocenters. The molecule has 1 aliphatic rings. The number of hydrogen-bond donors (Lipinski definition) is 1. The number of anilines is 2. The Kier molecular flexibility index (Phi) is 5.24. The number of aryl methyl sites for hydroxylation is 1. The number of thiazole rings is 1. The van der Waals surface area contributed by atoms with Gasteiger partial charge in [-0.25, -0.2) is 9.97 Å². The Bertz CT molecular complexity index is 694. The van der Waals surface area contributed by atoms with Crippen LogP contribution in [0.3, 0.4) is 0 Å². The smallest absolute Gasteiger partial charge is 0.188 e. The summed E-state index contributed by atoms with van der Waals surface area (Å²) < 4.78 is 6.96. The molecule has 0 saturated carbocycles. The van der Waals surface area contributed by atoms with E-state index in [4.69, 9.17) is 4.74 Å². The van der Waals surface area contributed by atoms with Crippen LogP contribution in [0.15, 0.2) is 22.1 Å². The standard InChI is InChI=1S/C15H17BrN4O2S/c1-10-9-23-15(18-10)19-14-13(6-11(16)7-17-14)22-12-2-3-20(8-12)4-5-21/h5-7,9,12H,2-4,8H2,1H3,(H,17,18,19). The second kappa shape index (κ2) is 7.37. The number of nitrogens with zero attached hydrogens (tertiary/aromatic N) is 3. The number of aldehydes is 1. The minimum absolute atomic E-state index is 0.0598. The minimum Gasteiger partial charge on any atom is -0.485 e. The summed E-state index contributed by atoms with van der Waals surface area (Å²) in [6.45, 7) is 4.04. The van der Waals surface area contributed by atoms with Crippen LogP contribution in [0.1, 0.15) is 12.1 Å². The van der Waals surface area contributed by atoms with Gasteiger partial charge in [0.1, 0.15) is 12.4 Å². The van der Waals surface area contributed by atoms with E-state index in [1.54, 1.807) is 6.20 Å². The van der Waals surface area contributed by atoms with E-state index in [-0.39, 0.29) is 6.10 Å². The molecule has 1 saturated heterocycles. The normalized spacial score (nSPS) is 18.1. The Balaban J connectivity index is 1.73. The zero-order valence-corrected chi connectivity index (χ0v) is 15.1. The molecule has 3 rings (SSSR count). The predicted molar refractivity (Wildman–Crippen MR) is 93.6 cm³/mol. The summed E-state index contributed by atoms with van der Waals surface area (Å²) in [4.78, 5) is 21.5. The van der Waals surface area contributed by atoms with E-state index in [1.165, 1.54) is 11.3 Å². The molecule has 3 heterocycles. The zero-order valence-electron chi connectivity index (χ0n) is 12.7. The summed E-state index contributed by atoms with van der Waals surface area (Å²) in [6, 6.07) is 1.90. The SMILES string of the molecule is Cc1csc(Nc2ncc(Br)cc2OC2CCN(CC=O)C2)n1. The van der Waals surface area contributed by atoms with Gasteiger partial charge in [-0.1, -0.05) is 0 Å².